The predicted octanol–water partition coefficient (Wildman–Crippen LogP) is 3.60. The molecule has 1 atom stereocenters. The number of nitrogens with zero attached hydrogens (tertiary/aromatic N) is 4. The van der Waals surface area contributed by atoms with Gasteiger partial charge in [0.25, 0.3) is 0 Å². The van der Waals surface area contributed by atoms with Gasteiger partial charge in [-0.3, -0.25) is 24.0 Å². The van der Waals surface area contributed by atoms with Crippen LogP contribution in [0, 0.1) is 6.92 Å². The van der Waals surface area contributed by atoms with Crippen LogP contribution in [0.25, 0.3) is 11.1 Å². The van der Waals surface area contributed by atoms with E-state index in [-0.39, 0.29) is 36.6 Å². The molecular formula is C28H30N4O3. The summed E-state index contributed by atoms with van der Waals surface area (Å²) in [6.45, 7) is 2.31. The quantitative estimate of drug-likeness (QED) is 0.495. The van der Waals surface area contributed by atoms with E-state index in [1.807, 2.05) is 74.8 Å². The largest absolute Gasteiger partial charge is 0.341 e. The van der Waals surface area contributed by atoms with Crippen molar-refractivity contribution in [3.8, 4) is 11.1 Å². The van der Waals surface area contributed by atoms with E-state index in [0.29, 0.717) is 6.54 Å². The van der Waals surface area contributed by atoms with Crippen LogP contribution >= 0.6 is 0 Å². The molecular weight excluding hydrogens is 440 g/mol. The normalized spacial score (nSPS) is 19.9. The van der Waals surface area contributed by atoms with Crippen molar-refractivity contribution in [3.05, 3.63) is 77.6 Å². The minimum atomic E-state index is -1.18. The van der Waals surface area contributed by atoms with E-state index in [1.54, 1.807) is 16.6 Å². The second-order valence-corrected chi connectivity index (χ2v) is 9.84. The first-order valence-electron chi connectivity index (χ1n) is 12.0. The van der Waals surface area contributed by atoms with Gasteiger partial charge in [-0.05, 0) is 36.5 Å². The van der Waals surface area contributed by atoms with Gasteiger partial charge in [-0.15, -0.1) is 0 Å². The number of rotatable bonds is 7. The summed E-state index contributed by atoms with van der Waals surface area (Å²) < 4.78 is 1.73. The van der Waals surface area contributed by atoms with Crippen molar-refractivity contribution < 1.29 is 14.4 Å². The Morgan fingerprint density at radius 3 is 2.31 bits per heavy atom. The molecule has 7 heteroatoms. The zero-order valence-electron chi connectivity index (χ0n) is 20.4. The van der Waals surface area contributed by atoms with Crippen LogP contribution in [0.4, 0.5) is 0 Å². The number of imide groups is 1. The lowest BCUT2D eigenvalue weighted by molar-refractivity contribution is -0.143. The molecule has 1 saturated carbocycles. The van der Waals surface area contributed by atoms with Crippen LogP contribution in [0.5, 0.6) is 0 Å². The Hall–Kier alpha value is -3.74. The number of hydrogen-bond acceptors (Lipinski definition) is 4. The number of hydrogen-bond donors (Lipinski definition) is 0. The first kappa shape index (κ1) is 23.0. The van der Waals surface area contributed by atoms with Gasteiger partial charge in [0.05, 0.1) is 11.1 Å². The third-order valence-corrected chi connectivity index (χ3v) is 7.21. The summed E-state index contributed by atoms with van der Waals surface area (Å²) in [4.78, 5) is 43.3. The van der Waals surface area contributed by atoms with Crippen LogP contribution in [0.3, 0.4) is 0 Å². The summed E-state index contributed by atoms with van der Waals surface area (Å²) in [5.41, 5.74) is 3.46. The molecule has 0 radical (unpaired) electrons. The van der Waals surface area contributed by atoms with Crippen molar-refractivity contribution in [3.63, 3.8) is 0 Å². The average Bonchev–Trinajstić information content (AvgIpc) is 3.58. The number of benzene rings is 2. The van der Waals surface area contributed by atoms with Crippen LogP contribution < -0.4 is 0 Å². The molecule has 1 aliphatic heterocycles. The highest BCUT2D eigenvalue weighted by molar-refractivity contribution is 6.11. The van der Waals surface area contributed by atoms with Crippen molar-refractivity contribution in [1.82, 2.24) is 19.6 Å². The lowest BCUT2D eigenvalue weighted by Gasteiger charge is -2.29. The molecule has 2 aliphatic rings. The van der Waals surface area contributed by atoms with Crippen molar-refractivity contribution >= 4 is 17.7 Å². The molecule has 1 unspecified atom stereocenters. The molecule has 2 fully saturated rings. The van der Waals surface area contributed by atoms with E-state index in [1.165, 1.54) is 4.90 Å². The highest BCUT2D eigenvalue weighted by Gasteiger charge is 2.57. The predicted molar refractivity (Wildman–Crippen MR) is 132 cm³/mol. The Balaban J connectivity index is 1.45. The van der Waals surface area contributed by atoms with E-state index >= 15 is 0 Å². The molecule has 0 N–H and O–H groups in total. The molecule has 3 aromatic rings. The molecule has 5 rings (SSSR count). The molecule has 3 amide bonds. The van der Waals surface area contributed by atoms with Crippen LogP contribution in [-0.2, 0) is 33.4 Å². The van der Waals surface area contributed by atoms with Gasteiger partial charge < -0.3 is 4.90 Å². The highest BCUT2D eigenvalue weighted by atomic mass is 16.2. The SMILES string of the molecule is Cc1nn(C)cc1CN(C)C(=O)CC1(c2ccc(-c3ccccc3)cc2)CC(=O)N(C2CC2)C1=O. The first-order chi connectivity index (χ1) is 16.8. The number of carbonyl (C=O) groups excluding carboxylic acids is 3. The number of amides is 3. The summed E-state index contributed by atoms with van der Waals surface area (Å²) >= 11 is 0. The Labute approximate surface area is 205 Å². The van der Waals surface area contributed by atoms with E-state index in [2.05, 4.69) is 5.10 Å². The van der Waals surface area contributed by atoms with Gasteiger partial charge in [0.2, 0.25) is 17.7 Å². The van der Waals surface area contributed by atoms with Gasteiger partial charge in [-0.1, -0.05) is 54.6 Å². The molecule has 180 valence electrons. The Bertz CT molecular complexity index is 1280. The van der Waals surface area contributed by atoms with Crippen molar-refractivity contribution in [2.45, 2.75) is 50.6 Å². The zero-order chi connectivity index (χ0) is 24.7. The minimum absolute atomic E-state index is 0.0219. The van der Waals surface area contributed by atoms with Gasteiger partial charge >= 0.3 is 0 Å². The maximum Gasteiger partial charge on any atom is 0.241 e. The maximum absolute atomic E-state index is 13.8. The Morgan fingerprint density at radius 2 is 1.71 bits per heavy atom. The lowest BCUT2D eigenvalue weighted by atomic mass is 9.75. The smallest absolute Gasteiger partial charge is 0.241 e. The summed E-state index contributed by atoms with van der Waals surface area (Å²) in [7, 11) is 3.59. The van der Waals surface area contributed by atoms with Gasteiger partial charge in [-0.25, -0.2) is 0 Å². The van der Waals surface area contributed by atoms with E-state index < -0.39 is 5.41 Å². The van der Waals surface area contributed by atoms with Crippen LogP contribution in [0.1, 0.15) is 42.5 Å². The minimum Gasteiger partial charge on any atom is -0.341 e. The van der Waals surface area contributed by atoms with E-state index in [4.69, 9.17) is 0 Å². The second-order valence-electron chi connectivity index (χ2n) is 9.84. The van der Waals surface area contributed by atoms with Gasteiger partial charge in [-0.2, -0.15) is 5.10 Å². The third kappa shape index (κ3) is 4.27. The molecule has 1 aliphatic carbocycles. The zero-order valence-corrected chi connectivity index (χ0v) is 20.4. The fraction of sp³-hybridized carbons (Fsp3) is 0.357. The summed E-state index contributed by atoms with van der Waals surface area (Å²) in [6, 6.07) is 17.7. The molecule has 0 spiro atoms. The van der Waals surface area contributed by atoms with E-state index in [9.17, 15) is 14.4 Å². The topological polar surface area (TPSA) is 75.5 Å². The van der Waals surface area contributed by atoms with Gasteiger partial charge in [0, 0.05) is 51.3 Å². The third-order valence-electron chi connectivity index (χ3n) is 7.21. The molecule has 2 aromatic carbocycles. The fourth-order valence-corrected chi connectivity index (χ4v) is 5.08. The van der Waals surface area contributed by atoms with Crippen molar-refractivity contribution in [2.24, 2.45) is 7.05 Å². The monoisotopic (exact) mass is 470 g/mol. The number of carbonyl (C=O) groups is 3. The van der Waals surface area contributed by atoms with Crippen LogP contribution in [-0.4, -0.2) is 50.4 Å². The number of aryl methyl sites for hydroxylation is 2. The maximum atomic E-state index is 13.8. The lowest BCUT2D eigenvalue weighted by Crippen LogP contribution is -2.43. The van der Waals surface area contributed by atoms with Crippen LogP contribution in [0.15, 0.2) is 60.8 Å². The van der Waals surface area contributed by atoms with Gasteiger partial charge in [0.15, 0.2) is 0 Å². The summed E-state index contributed by atoms with van der Waals surface area (Å²) in [5, 5.41) is 4.35. The fourth-order valence-electron chi connectivity index (χ4n) is 5.08. The highest BCUT2D eigenvalue weighted by Crippen LogP contribution is 2.44. The first-order valence-corrected chi connectivity index (χ1v) is 12.0. The van der Waals surface area contributed by atoms with E-state index in [0.717, 1.165) is 40.8 Å². The Morgan fingerprint density at radius 1 is 1.06 bits per heavy atom. The molecule has 1 aromatic heterocycles. The average molecular weight is 471 g/mol. The van der Waals surface area contributed by atoms with Gasteiger partial charge in [0.1, 0.15) is 0 Å². The molecule has 7 nitrogen and oxygen atoms in total. The molecule has 35 heavy (non-hydrogen) atoms. The molecule has 0 bridgehead atoms. The van der Waals surface area contributed by atoms with Crippen LogP contribution in [0.2, 0.25) is 0 Å². The second kappa shape index (κ2) is 8.80. The molecule has 2 heterocycles. The summed E-state index contributed by atoms with van der Waals surface area (Å²) in [6.07, 6.45) is 3.57. The van der Waals surface area contributed by atoms with Crippen molar-refractivity contribution in [2.75, 3.05) is 7.05 Å². The standard InChI is InChI=1S/C28H30N4O3/c1-19-22(18-31(3)29-19)17-30(2)25(33)15-28(16-26(34)32(27(28)35)24-13-14-24)23-11-9-21(10-12-23)20-7-5-4-6-8-20/h4-12,18,24H,13-17H2,1-3H3. The summed E-state index contributed by atoms with van der Waals surface area (Å²) in [5.74, 6) is -0.584. The van der Waals surface area contributed by atoms with Crippen molar-refractivity contribution in [1.29, 1.82) is 0 Å². The number of likely N-dealkylation sites (tertiary alicyclic amines) is 1. The molecule has 1 saturated heterocycles. The number of aromatic nitrogens is 2. The Kier molecular flexibility index (Phi) is 5.79.